The lowest BCUT2D eigenvalue weighted by molar-refractivity contribution is -0.127. The number of ether oxygens (including phenoxy) is 1. The average Bonchev–Trinajstić information content (AvgIpc) is 2.90. The van der Waals surface area contributed by atoms with Gasteiger partial charge in [0.25, 0.3) is 5.91 Å². The summed E-state index contributed by atoms with van der Waals surface area (Å²) in [5.41, 5.74) is 1.66. The molecular formula is C16H17NO4. The second-order valence-electron chi connectivity index (χ2n) is 5.75. The topological polar surface area (TPSA) is 63.7 Å². The molecule has 2 amide bonds. The fraction of sp³-hybridized carbons (Fsp3) is 0.438. The van der Waals surface area contributed by atoms with Gasteiger partial charge in [-0.1, -0.05) is 12.1 Å². The van der Waals surface area contributed by atoms with E-state index in [1.807, 2.05) is 6.92 Å². The van der Waals surface area contributed by atoms with Crippen LogP contribution in [0.4, 0.5) is 0 Å². The van der Waals surface area contributed by atoms with Gasteiger partial charge in [-0.15, -0.1) is 0 Å². The summed E-state index contributed by atoms with van der Waals surface area (Å²) in [5, 5.41) is 0. The van der Waals surface area contributed by atoms with E-state index in [2.05, 4.69) is 0 Å². The minimum absolute atomic E-state index is 0.00880. The van der Waals surface area contributed by atoms with E-state index >= 15 is 0 Å². The van der Waals surface area contributed by atoms with Gasteiger partial charge in [-0.05, 0) is 25.0 Å². The molecular weight excluding hydrogens is 270 g/mol. The number of benzene rings is 1. The molecule has 1 aromatic rings. The molecule has 21 heavy (non-hydrogen) atoms. The van der Waals surface area contributed by atoms with Crippen molar-refractivity contribution in [1.29, 1.82) is 0 Å². The van der Waals surface area contributed by atoms with E-state index in [0.29, 0.717) is 29.7 Å². The first-order valence-electron chi connectivity index (χ1n) is 7.07. The third kappa shape index (κ3) is 2.38. The Hall–Kier alpha value is -2.01. The number of ketones is 1. The maximum absolute atomic E-state index is 12.5. The number of imide groups is 1. The molecule has 1 aromatic carbocycles. The highest BCUT2D eigenvalue weighted by atomic mass is 16.5. The van der Waals surface area contributed by atoms with Gasteiger partial charge in [0.05, 0.1) is 19.1 Å². The lowest BCUT2D eigenvalue weighted by atomic mass is 9.90. The van der Waals surface area contributed by atoms with Crippen molar-refractivity contribution in [3.63, 3.8) is 0 Å². The van der Waals surface area contributed by atoms with E-state index in [-0.39, 0.29) is 36.0 Å². The zero-order chi connectivity index (χ0) is 15.1. The van der Waals surface area contributed by atoms with Crippen LogP contribution in [0.25, 0.3) is 0 Å². The second kappa shape index (κ2) is 5.07. The summed E-state index contributed by atoms with van der Waals surface area (Å²) < 4.78 is 5.43. The van der Waals surface area contributed by atoms with Crippen LogP contribution in [0.15, 0.2) is 18.2 Å². The van der Waals surface area contributed by atoms with Gasteiger partial charge < -0.3 is 4.74 Å². The van der Waals surface area contributed by atoms with E-state index in [0.717, 1.165) is 4.90 Å². The Balaban J connectivity index is 1.91. The monoisotopic (exact) mass is 287 g/mol. The van der Waals surface area contributed by atoms with Gasteiger partial charge in [-0.25, -0.2) is 0 Å². The SMILES string of the molecule is CC1CC(C(=O)c2ccc3c(c2)C(=O)N(C)C(=O)C3)CO1. The Labute approximate surface area is 122 Å². The fourth-order valence-electron chi connectivity index (χ4n) is 2.89. The molecule has 0 saturated carbocycles. The molecule has 5 nitrogen and oxygen atoms in total. The first-order valence-corrected chi connectivity index (χ1v) is 7.07. The van der Waals surface area contributed by atoms with E-state index in [9.17, 15) is 14.4 Å². The maximum Gasteiger partial charge on any atom is 0.260 e. The summed E-state index contributed by atoms with van der Waals surface area (Å²) in [5.74, 6) is -0.692. The molecule has 2 atom stereocenters. The molecule has 2 unspecified atom stereocenters. The largest absolute Gasteiger partial charge is 0.378 e. The highest BCUT2D eigenvalue weighted by Gasteiger charge is 2.32. The summed E-state index contributed by atoms with van der Waals surface area (Å²) in [6.07, 6.45) is 1.01. The third-order valence-electron chi connectivity index (χ3n) is 4.21. The van der Waals surface area contributed by atoms with Gasteiger partial charge in [-0.3, -0.25) is 19.3 Å². The molecule has 3 rings (SSSR count). The van der Waals surface area contributed by atoms with Crippen molar-refractivity contribution in [2.45, 2.75) is 25.9 Å². The minimum atomic E-state index is -0.341. The van der Waals surface area contributed by atoms with E-state index in [1.165, 1.54) is 7.05 Å². The van der Waals surface area contributed by atoms with Crippen molar-refractivity contribution >= 4 is 17.6 Å². The van der Waals surface area contributed by atoms with Crippen LogP contribution < -0.4 is 0 Å². The van der Waals surface area contributed by atoms with Crippen molar-refractivity contribution in [1.82, 2.24) is 4.90 Å². The summed E-state index contributed by atoms with van der Waals surface area (Å²) in [7, 11) is 1.47. The van der Waals surface area contributed by atoms with E-state index in [1.54, 1.807) is 18.2 Å². The maximum atomic E-state index is 12.5. The summed E-state index contributed by atoms with van der Waals surface area (Å²) in [6, 6.07) is 5.03. The predicted octanol–water partition coefficient (Wildman–Crippen LogP) is 1.45. The molecule has 1 saturated heterocycles. The Morgan fingerprint density at radius 2 is 2.10 bits per heavy atom. The molecule has 0 aromatic heterocycles. The number of fused-ring (bicyclic) bond motifs is 1. The first-order chi connectivity index (χ1) is 9.97. The fourth-order valence-corrected chi connectivity index (χ4v) is 2.89. The standard InChI is InChI=1S/C16H17NO4/c1-9-5-12(8-21-9)15(19)11-4-3-10-7-14(18)17(2)16(20)13(10)6-11/h3-4,6,9,12H,5,7-8H2,1-2H3. The van der Waals surface area contributed by atoms with Crippen LogP contribution in [0.2, 0.25) is 0 Å². The third-order valence-corrected chi connectivity index (χ3v) is 4.21. The second-order valence-corrected chi connectivity index (χ2v) is 5.75. The number of nitrogens with zero attached hydrogens (tertiary/aromatic N) is 1. The van der Waals surface area contributed by atoms with Crippen molar-refractivity contribution in [3.8, 4) is 0 Å². The van der Waals surface area contributed by atoms with Crippen LogP contribution in [0.1, 0.15) is 39.6 Å². The molecule has 2 heterocycles. The van der Waals surface area contributed by atoms with E-state index < -0.39 is 0 Å². The predicted molar refractivity (Wildman–Crippen MR) is 75.1 cm³/mol. The Kier molecular flexibility index (Phi) is 3.37. The molecule has 0 N–H and O–H groups in total. The van der Waals surface area contributed by atoms with Crippen molar-refractivity contribution < 1.29 is 19.1 Å². The van der Waals surface area contributed by atoms with Gasteiger partial charge in [0.1, 0.15) is 0 Å². The smallest absolute Gasteiger partial charge is 0.260 e. The zero-order valence-electron chi connectivity index (χ0n) is 12.1. The summed E-state index contributed by atoms with van der Waals surface area (Å²) in [4.78, 5) is 37.4. The highest BCUT2D eigenvalue weighted by molar-refractivity contribution is 6.11. The molecule has 0 radical (unpaired) electrons. The lowest BCUT2D eigenvalue weighted by Crippen LogP contribution is -2.39. The Bertz CT molecular complexity index is 637. The van der Waals surface area contributed by atoms with Gasteiger partial charge >= 0.3 is 0 Å². The number of hydrogen-bond donors (Lipinski definition) is 0. The number of hydrogen-bond acceptors (Lipinski definition) is 4. The van der Waals surface area contributed by atoms with E-state index in [4.69, 9.17) is 4.74 Å². The average molecular weight is 287 g/mol. The van der Waals surface area contributed by atoms with Crippen molar-refractivity contribution in [3.05, 3.63) is 34.9 Å². The van der Waals surface area contributed by atoms with Gasteiger partial charge in [0.2, 0.25) is 5.91 Å². The number of amides is 2. The van der Waals surface area contributed by atoms with Crippen LogP contribution in [0.3, 0.4) is 0 Å². The molecule has 2 aliphatic rings. The zero-order valence-corrected chi connectivity index (χ0v) is 12.1. The lowest BCUT2D eigenvalue weighted by Gasteiger charge is -2.23. The Morgan fingerprint density at radius 3 is 2.76 bits per heavy atom. The van der Waals surface area contributed by atoms with Crippen LogP contribution in [-0.2, 0) is 16.0 Å². The minimum Gasteiger partial charge on any atom is -0.378 e. The Morgan fingerprint density at radius 1 is 1.33 bits per heavy atom. The highest BCUT2D eigenvalue weighted by Crippen LogP contribution is 2.26. The normalized spacial score (nSPS) is 25.1. The summed E-state index contributed by atoms with van der Waals surface area (Å²) in [6.45, 7) is 2.38. The quantitative estimate of drug-likeness (QED) is 0.610. The van der Waals surface area contributed by atoms with Crippen LogP contribution in [0, 0.1) is 5.92 Å². The van der Waals surface area contributed by atoms with Gasteiger partial charge in [0.15, 0.2) is 5.78 Å². The molecule has 0 aliphatic carbocycles. The number of rotatable bonds is 2. The molecule has 110 valence electrons. The molecule has 2 aliphatic heterocycles. The van der Waals surface area contributed by atoms with Crippen molar-refractivity contribution in [2.24, 2.45) is 5.92 Å². The first kappa shape index (κ1) is 13.9. The molecule has 0 spiro atoms. The number of carbonyl (C=O) groups excluding carboxylic acids is 3. The number of Topliss-reactive ketones (excluding diaryl/α,β-unsaturated/α-hetero) is 1. The van der Waals surface area contributed by atoms with Crippen LogP contribution in [-0.4, -0.2) is 42.3 Å². The number of carbonyl (C=O) groups is 3. The van der Waals surface area contributed by atoms with Crippen LogP contribution in [0.5, 0.6) is 0 Å². The number of likely N-dealkylation sites (N-methyl/N-ethyl adjacent to an activating group) is 1. The van der Waals surface area contributed by atoms with Gasteiger partial charge in [-0.2, -0.15) is 0 Å². The molecule has 0 bridgehead atoms. The van der Waals surface area contributed by atoms with Gasteiger partial charge in [0, 0.05) is 24.1 Å². The van der Waals surface area contributed by atoms with Crippen LogP contribution >= 0.6 is 0 Å². The van der Waals surface area contributed by atoms with Crippen molar-refractivity contribution in [2.75, 3.05) is 13.7 Å². The summed E-state index contributed by atoms with van der Waals surface area (Å²) >= 11 is 0. The molecule has 1 fully saturated rings. The molecule has 5 heteroatoms.